The topological polar surface area (TPSA) is 209 Å². The SMILES string of the molecule is CC(C)[O-].CC(C)[O-].CC(C)[O-].CC(C)[O-].CC(C)[O-].CC(C)[O-].Cc1cc(C=NC2CCC(N=Cc3cc(C)cc(C(C)(C)C)c3[O-])CC2)c([O-])c(C(C)(C)C)c1.[Ti+4].[Ti+4]. The first-order valence-electron chi connectivity index (χ1n) is 20.8. The Morgan fingerprint density at radius 3 is 0.800 bits per heavy atom. The van der Waals surface area contributed by atoms with E-state index in [1.54, 1.807) is 95.5 Å². The van der Waals surface area contributed by atoms with Gasteiger partial charge >= 0.3 is 43.4 Å². The van der Waals surface area contributed by atoms with Crippen molar-refractivity contribution in [3.8, 4) is 11.5 Å². The molecule has 1 fully saturated rings. The molecule has 0 aliphatic heterocycles. The Hall–Kier alpha value is -1.43. The van der Waals surface area contributed by atoms with Crippen molar-refractivity contribution in [2.75, 3.05) is 0 Å². The molecule has 2 aromatic rings. The van der Waals surface area contributed by atoms with Crippen LogP contribution < -0.4 is 40.9 Å². The minimum absolute atomic E-state index is 0. The van der Waals surface area contributed by atoms with Gasteiger partial charge in [0.25, 0.3) is 0 Å². The van der Waals surface area contributed by atoms with Gasteiger partial charge in [-0.05, 0) is 72.6 Å². The number of benzene rings is 2. The third kappa shape index (κ3) is 44.6. The molecule has 1 aliphatic rings. The molecule has 1 aliphatic carbocycles. The van der Waals surface area contributed by atoms with Crippen molar-refractivity contribution in [1.82, 2.24) is 0 Å². The first-order valence-corrected chi connectivity index (χ1v) is 20.8. The Balaban J connectivity index is -0.000000230. The van der Waals surface area contributed by atoms with Gasteiger partial charge in [-0.1, -0.05) is 172 Å². The molecule has 0 heterocycles. The summed E-state index contributed by atoms with van der Waals surface area (Å²) < 4.78 is 0. The second kappa shape index (κ2) is 37.0. The smallest absolute Gasteiger partial charge is 0.872 e. The number of hydrogen-bond acceptors (Lipinski definition) is 10. The molecule has 0 amide bonds. The van der Waals surface area contributed by atoms with Gasteiger partial charge < -0.3 is 40.9 Å². The zero-order valence-electron chi connectivity index (χ0n) is 41.1. The van der Waals surface area contributed by atoms with Gasteiger partial charge in [0.2, 0.25) is 0 Å². The van der Waals surface area contributed by atoms with E-state index in [1.807, 2.05) is 38.1 Å². The molecule has 0 bridgehead atoms. The molecule has 2 aromatic carbocycles. The molecular formula is C48H82N2O8Ti2. The van der Waals surface area contributed by atoms with Gasteiger partial charge in [0.15, 0.2) is 0 Å². The largest absolute Gasteiger partial charge is 4.00 e. The van der Waals surface area contributed by atoms with Crippen LogP contribution in [-0.4, -0.2) is 61.1 Å². The van der Waals surface area contributed by atoms with Crippen molar-refractivity contribution in [3.05, 3.63) is 57.6 Å². The predicted molar refractivity (Wildman–Crippen MR) is 231 cm³/mol. The van der Waals surface area contributed by atoms with Gasteiger partial charge in [0, 0.05) is 12.4 Å². The Bertz CT molecular complexity index is 1240. The molecule has 0 atom stereocenters. The van der Waals surface area contributed by atoms with Gasteiger partial charge in [-0.25, -0.2) is 0 Å². The molecule has 0 aromatic heterocycles. The molecule has 0 spiro atoms. The summed E-state index contributed by atoms with van der Waals surface area (Å²) in [7, 11) is 0. The fraction of sp³-hybridized carbons (Fsp3) is 0.708. The van der Waals surface area contributed by atoms with E-state index in [4.69, 9.17) is 9.98 Å². The molecule has 3 rings (SSSR count). The van der Waals surface area contributed by atoms with E-state index < -0.39 is 36.6 Å². The van der Waals surface area contributed by atoms with Crippen LogP contribution in [0.1, 0.15) is 184 Å². The van der Waals surface area contributed by atoms with Crippen molar-refractivity contribution < 1.29 is 84.3 Å². The summed E-state index contributed by atoms with van der Waals surface area (Å²) in [5.74, 6) is 0.169. The minimum Gasteiger partial charge on any atom is -0.872 e. The van der Waals surface area contributed by atoms with Gasteiger partial charge in [-0.2, -0.15) is 0 Å². The van der Waals surface area contributed by atoms with Crippen LogP contribution in [0.5, 0.6) is 11.5 Å². The number of aliphatic imine (C=N–C) groups is 2. The summed E-state index contributed by atoms with van der Waals surface area (Å²) in [4.78, 5) is 9.54. The summed E-state index contributed by atoms with van der Waals surface area (Å²) in [6.07, 6.45) is 4.82. The number of aryl methyl sites for hydroxylation is 2. The summed E-state index contributed by atoms with van der Waals surface area (Å²) in [6.45, 7) is 35.8. The number of rotatable bonds is 4. The minimum atomic E-state index is -0.417. The first-order chi connectivity index (χ1) is 26.1. The van der Waals surface area contributed by atoms with Crippen LogP contribution in [0.2, 0.25) is 0 Å². The molecule has 0 N–H and O–H groups in total. The zero-order valence-corrected chi connectivity index (χ0v) is 44.2. The third-order valence-electron chi connectivity index (χ3n) is 6.66. The van der Waals surface area contributed by atoms with Crippen molar-refractivity contribution in [3.63, 3.8) is 0 Å². The zero-order chi connectivity index (χ0) is 46.7. The average Bonchev–Trinajstić information content (AvgIpc) is 2.99. The average molecular weight is 911 g/mol. The van der Waals surface area contributed by atoms with Gasteiger partial charge in [0.05, 0.1) is 12.1 Å². The van der Waals surface area contributed by atoms with Crippen LogP contribution in [0.3, 0.4) is 0 Å². The maximum Gasteiger partial charge on any atom is 4.00 e. The number of hydrogen-bond donors (Lipinski definition) is 0. The summed E-state index contributed by atoms with van der Waals surface area (Å²) in [5, 5.41) is 83.0. The third-order valence-corrected chi connectivity index (χ3v) is 6.66. The Morgan fingerprint density at radius 2 is 0.633 bits per heavy atom. The molecular weight excluding hydrogens is 828 g/mol. The monoisotopic (exact) mass is 911 g/mol. The van der Waals surface area contributed by atoms with E-state index in [1.165, 1.54) is 0 Å². The van der Waals surface area contributed by atoms with E-state index in [0.29, 0.717) is 11.1 Å². The van der Waals surface area contributed by atoms with E-state index in [9.17, 15) is 40.9 Å². The Morgan fingerprint density at radius 1 is 0.450 bits per heavy atom. The van der Waals surface area contributed by atoms with E-state index in [0.717, 1.165) is 47.9 Å². The summed E-state index contributed by atoms with van der Waals surface area (Å²) >= 11 is 0. The molecule has 340 valence electrons. The van der Waals surface area contributed by atoms with Crippen LogP contribution in [0.25, 0.3) is 0 Å². The second-order valence-electron chi connectivity index (χ2n) is 18.3. The van der Waals surface area contributed by atoms with Crippen LogP contribution >= 0.6 is 0 Å². The van der Waals surface area contributed by atoms with Crippen LogP contribution in [-0.2, 0) is 54.3 Å². The molecule has 60 heavy (non-hydrogen) atoms. The number of nitrogens with zero attached hydrogens (tertiary/aromatic N) is 2. The van der Waals surface area contributed by atoms with Crippen molar-refractivity contribution in [1.29, 1.82) is 0 Å². The second-order valence-corrected chi connectivity index (χ2v) is 18.3. The first kappa shape index (κ1) is 70.2. The summed E-state index contributed by atoms with van der Waals surface area (Å²) in [5.41, 5.74) is 4.86. The normalized spacial score (nSPS) is 14.9. The standard InChI is InChI=1S/C30H42N2O2.6C3H7O.2Ti/c1-19-13-21(27(33)25(15-19)29(3,4)5)17-31-23-9-11-24(12-10-23)32-18-22-14-20(2)16-26(28(22)34)30(6,7)8;6*1-3(2)4;;/h13-18,23-24,33-34H,9-12H2,1-8H3;6*3H,1-2H3;;/q;6*-1;2*+4/p-2. The predicted octanol–water partition coefficient (Wildman–Crippen LogP) is 4.42. The quantitative estimate of drug-likeness (QED) is 0.316. The molecule has 12 heteroatoms. The van der Waals surface area contributed by atoms with Crippen molar-refractivity contribution >= 4 is 12.4 Å². The Kier molecular flexibility index (Phi) is 43.3. The Labute approximate surface area is 397 Å². The van der Waals surface area contributed by atoms with E-state index in [-0.39, 0.29) is 77.8 Å². The van der Waals surface area contributed by atoms with Crippen molar-refractivity contribution in [2.45, 2.75) is 224 Å². The van der Waals surface area contributed by atoms with Gasteiger partial charge in [-0.15, -0.1) is 36.6 Å². The van der Waals surface area contributed by atoms with Crippen LogP contribution in [0, 0.1) is 13.8 Å². The maximum absolute atomic E-state index is 12.9. The molecule has 10 nitrogen and oxygen atoms in total. The molecule has 1 saturated carbocycles. The summed E-state index contributed by atoms with van der Waals surface area (Å²) in [6, 6.07) is 8.29. The molecule has 0 saturated heterocycles. The fourth-order valence-electron chi connectivity index (χ4n) is 4.64. The molecule has 0 radical (unpaired) electrons. The van der Waals surface area contributed by atoms with Crippen LogP contribution in [0.15, 0.2) is 34.3 Å². The van der Waals surface area contributed by atoms with Gasteiger partial charge in [-0.3, -0.25) is 9.98 Å². The van der Waals surface area contributed by atoms with Crippen LogP contribution in [0.4, 0.5) is 0 Å². The van der Waals surface area contributed by atoms with E-state index in [2.05, 4.69) is 41.5 Å². The molecule has 0 unspecified atom stereocenters. The fourth-order valence-corrected chi connectivity index (χ4v) is 4.64. The van der Waals surface area contributed by atoms with Gasteiger partial charge in [0.1, 0.15) is 0 Å². The van der Waals surface area contributed by atoms with E-state index >= 15 is 0 Å². The van der Waals surface area contributed by atoms with Crippen molar-refractivity contribution in [2.24, 2.45) is 9.98 Å². The maximum atomic E-state index is 12.9.